The molecule has 19 heavy (non-hydrogen) atoms. The SMILES string of the molecule is CCSCCC(C)NC(=O)Cc1ccccc1CN. The molecule has 0 fully saturated rings. The van der Waals surface area contributed by atoms with Crippen LogP contribution in [0.4, 0.5) is 0 Å². The Morgan fingerprint density at radius 2 is 2.05 bits per heavy atom. The van der Waals surface area contributed by atoms with Crippen LogP contribution in [0, 0.1) is 0 Å². The summed E-state index contributed by atoms with van der Waals surface area (Å²) >= 11 is 1.91. The largest absolute Gasteiger partial charge is 0.353 e. The number of hydrogen-bond acceptors (Lipinski definition) is 3. The van der Waals surface area contributed by atoms with E-state index < -0.39 is 0 Å². The quantitative estimate of drug-likeness (QED) is 0.719. The Labute approximate surface area is 120 Å². The van der Waals surface area contributed by atoms with E-state index in [1.807, 2.05) is 36.0 Å². The van der Waals surface area contributed by atoms with Gasteiger partial charge >= 0.3 is 0 Å². The van der Waals surface area contributed by atoms with Crippen molar-refractivity contribution in [2.75, 3.05) is 11.5 Å². The minimum Gasteiger partial charge on any atom is -0.353 e. The zero-order valence-corrected chi connectivity index (χ0v) is 12.6. The lowest BCUT2D eigenvalue weighted by Gasteiger charge is -2.14. The average molecular weight is 280 g/mol. The summed E-state index contributed by atoms with van der Waals surface area (Å²) in [5, 5.41) is 3.05. The van der Waals surface area contributed by atoms with E-state index in [-0.39, 0.29) is 11.9 Å². The van der Waals surface area contributed by atoms with E-state index in [1.54, 1.807) is 0 Å². The Kier molecular flexibility index (Phi) is 7.60. The van der Waals surface area contributed by atoms with Crippen molar-refractivity contribution < 1.29 is 4.79 Å². The molecular formula is C15H24N2OS. The van der Waals surface area contributed by atoms with Gasteiger partial charge in [-0.05, 0) is 36.0 Å². The Hall–Kier alpha value is -1.00. The molecular weight excluding hydrogens is 256 g/mol. The standard InChI is InChI=1S/C15H24N2OS/c1-3-19-9-8-12(2)17-15(18)10-13-6-4-5-7-14(13)11-16/h4-7,12H,3,8-11,16H2,1-2H3,(H,17,18). The lowest BCUT2D eigenvalue weighted by molar-refractivity contribution is -0.121. The van der Waals surface area contributed by atoms with E-state index in [4.69, 9.17) is 5.73 Å². The molecule has 0 aliphatic carbocycles. The molecule has 0 aliphatic rings. The van der Waals surface area contributed by atoms with Gasteiger partial charge in [0.25, 0.3) is 0 Å². The van der Waals surface area contributed by atoms with Gasteiger partial charge in [-0.3, -0.25) is 4.79 Å². The van der Waals surface area contributed by atoms with Crippen molar-refractivity contribution in [2.45, 2.75) is 39.3 Å². The number of rotatable bonds is 8. The van der Waals surface area contributed by atoms with Crippen molar-refractivity contribution in [3.63, 3.8) is 0 Å². The van der Waals surface area contributed by atoms with Crippen LogP contribution in [0.25, 0.3) is 0 Å². The molecule has 0 saturated carbocycles. The van der Waals surface area contributed by atoms with Crippen molar-refractivity contribution in [3.8, 4) is 0 Å². The van der Waals surface area contributed by atoms with Crippen molar-refractivity contribution in [1.29, 1.82) is 0 Å². The lowest BCUT2D eigenvalue weighted by Crippen LogP contribution is -2.34. The van der Waals surface area contributed by atoms with Gasteiger partial charge in [0.1, 0.15) is 0 Å². The molecule has 1 atom stereocenters. The van der Waals surface area contributed by atoms with Gasteiger partial charge in [0.2, 0.25) is 5.91 Å². The summed E-state index contributed by atoms with van der Waals surface area (Å²) in [7, 11) is 0. The third kappa shape index (κ3) is 6.12. The van der Waals surface area contributed by atoms with Gasteiger partial charge < -0.3 is 11.1 Å². The highest BCUT2D eigenvalue weighted by Gasteiger charge is 2.09. The first-order valence-electron chi connectivity index (χ1n) is 6.81. The zero-order valence-electron chi connectivity index (χ0n) is 11.8. The van der Waals surface area contributed by atoms with E-state index in [0.717, 1.165) is 29.1 Å². The maximum atomic E-state index is 12.0. The molecule has 1 unspecified atom stereocenters. The summed E-state index contributed by atoms with van der Waals surface area (Å²) in [6.45, 7) is 4.69. The van der Waals surface area contributed by atoms with Crippen LogP contribution < -0.4 is 11.1 Å². The van der Waals surface area contributed by atoms with Crippen molar-refractivity contribution >= 4 is 17.7 Å². The predicted octanol–water partition coefficient (Wildman–Crippen LogP) is 2.34. The fourth-order valence-corrected chi connectivity index (χ4v) is 2.71. The maximum absolute atomic E-state index is 12.0. The number of carbonyl (C=O) groups is 1. The fourth-order valence-electron chi connectivity index (χ4n) is 1.90. The maximum Gasteiger partial charge on any atom is 0.224 e. The number of thioether (sulfide) groups is 1. The Balaban J connectivity index is 2.42. The Bertz CT molecular complexity index is 395. The molecule has 0 heterocycles. The van der Waals surface area contributed by atoms with E-state index in [1.165, 1.54) is 0 Å². The van der Waals surface area contributed by atoms with Crippen LogP contribution >= 0.6 is 11.8 Å². The molecule has 3 nitrogen and oxygen atoms in total. The summed E-state index contributed by atoms with van der Waals surface area (Å²) in [6, 6.07) is 8.08. The number of nitrogens with two attached hydrogens (primary N) is 1. The van der Waals surface area contributed by atoms with Crippen LogP contribution in [0.5, 0.6) is 0 Å². The van der Waals surface area contributed by atoms with Crippen molar-refractivity contribution in [1.82, 2.24) is 5.32 Å². The highest BCUT2D eigenvalue weighted by molar-refractivity contribution is 7.99. The van der Waals surface area contributed by atoms with Gasteiger partial charge in [0, 0.05) is 12.6 Å². The third-order valence-electron chi connectivity index (χ3n) is 3.00. The van der Waals surface area contributed by atoms with Crippen LogP contribution in [0.2, 0.25) is 0 Å². The lowest BCUT2D eigenvalue weighted by atomic mass is 10.0. The van der Waals surface area contributed by atoms with Gasteiger partial charge in [0.05, 0.1) is 6.42 Å². The van der Waals surface area contributed by atoms with E-state index in [2.05, 4.69) is 19.2 Å². The Morgan fingerprint density at radius 1 is 1.37 bits per heavy atom. The van der Waals surface area contributed by atoms with Gasteiger partial charge in [-0.15, -0.1) is 0 Å². The number of hydrogen-bond donors (Lipinski definition) is 2. The summed E-state index contributed by atoms with van der Waals surface area (Å²) in [5.74, 6) is 2.30. The molecule has 0 spiro atoms. The predicted molar refractivity (Wildman–Crippen MR) is 83.3 cm³/mol. The van der Waals surface area contributed by atoms with Crippen LogP contribution in [0.1, 0.15) is 31.4 Å². The number of amides is 1. The minimum absolute atomic E-state index is 0.0786. The van der Waals surface area contributed by atoms with E-state index in [9.17, 15) is 4.79 Å². The fraction of sp³-hybridized carbons (Fsp3) is 0.533. The molecule has 4 heteroatoms. The molecule has 106 valence electrons. The number of benzene rings is 1. The second-order valence-electron chi connectivity index (χ2n) is 4.60. The topological polar surface area (TPSA) is 55.1 Å². The normalized spacial score (nSPS) is 12.2. The van der Waals surface area contributed by atoms with Crippen LogP contribution in [0.3, 0.4) is 0 Å². The van der Waals surface area contributed by atoms with E-state index in [0.29, 0.717) is 13.0 Å². The van der Waals surface area contributed by atoms with E-state index >= 15 is 0 Å². The molecule has 0 aliphatic heterocycles. The smallest absolute Gasteiger partial charge is 0.224 e. The van der Waals surface area contributed by atoms with Crippen LogP contribution in [-0.4, -0.2) is 23.5 Å². The second kappa shape index (κ2) is 8.99. The molecule has 1 aromatic carbocycles. The average Bonchev–Trinajstić information content (AvgIpc) is 2.39. The molecule has 0 aromatic heterocycles. The minimum atomic E-state index is 0.0786. The zero-order chi connectivity index (χ0) is 14.1. The van der Waals surface area contributed by atoms with Gasteiger partial charge in [0.15, 0.2) is 0 Å². The molecule has 1 amide bonds. The third-order valence-corrected chi connectivity index (χ3v) is 3.93. The molecule has 1 rings (SSSR count). The highest BCUT2D eigenvalue weighted by atomic mass is 32.2. The molecule has 3 N–H and O–H groups in total. The molecule has 0 saturated heterocycles. The van der Waals surface area contributed by atoms with Crippen molar-refractivity contribution in [3.05, 3.63) is 35.4 Å². The summed E-state index contributed by atoms with van der Waals surface area (Å²) < 4.78 is 0. The molecule has 0 radical (unpaired) electrons. The van der Waals surface area contributed by atoms with Gasteiger partial charge in [-0.2, -0.15) is 11.8 Å². The molecule has 1 aromatic rings. The summed E-state index contributed by atoms with van der Waals surface area (Å²) in [4.78, 5) is 12.0. The monoisotopic (exact) mass is 280 g/mol. The summed E-state index contributed by atoms with van der Waals surface area (Å²) in [6.07, 6.45) is 1.43. The second-order valence-corrected chi connectivity index (χ2v) is 6.00. The first-order chi connectivity index (χ1) is 9.17. The highest BCUT2D eigenvalue weighted by Crippen LogP contribution is 2.09. The first-order valence-corrected chi connectivity index (χ1v) is 7.96. The first kappa shape index (κ1) is 16.1. The Morgan fingerprint density at radius 3 is 2.68 bits per heavy atom. The summed E-state index contributed by atoms with van der Waals surface area (Å²) in [5.41, 5.74) is 7.75. The number of carbonyl (C=O) groups excluding carboxylic acids is 1. The molecule has 0 bridgehead atoms. The number of nitrogens with one attached hydrogen (secondary N) is 1. The van der Waals surface area contributed by atoms with Gasteiger partial charge in [-0.25, -0.2) is 0 Å². The van der Waals surface area contributed by atoms with Crippen LogP contribution in [-0.2, 0) is 17.8 Å². The van der Waals surface area contributed by atoms with Gasteiger partial charge in [-0.1, -0.05) is 31.2 Å². The van der Waals surface area contributed by atoms with Crippen LogP contribution in [0.15, 0.2) is 24.3 Å². The van der Waals surface area contributed by atoms with Crippen molar-refractivity contribution in [2.24, 2.45) is 5.73 Å².